The van der Waals surface area contributed by atoms with Gasteiger partial charge in [-0.2, -0.15) is 5.26 Å². The number of nitrogens with zero attached hydrogens (tertiary/aromatic N) is 2. The molecule has 2 rings (SSSR count). The first-order valence-electron chi connectivity index (χ1n) is 4.43. The quantitative estimate of drug-likeness (QED) is 0.750. The topological polar surface area (TPSA) is 62.3 Å². The van der Waals surface area contributed by atoms with Crippen LogP contribution in [0.5, 0.6) is 0 Å². The summed E-state index contributed by atoms with van der Waals surface area (Å²) in [5, 5.41) is 9.84. The maximum absolute atomic E-state index is 8.77. The number of nitrogen functional groups attached to an aromatic ring is 1. The van der Waals surface area contributed by atoms with Gasteiger partial charge in [0, 0.05) is 13.1 Å². The summed E-state index contributed by atoms with van der Waals surface area (Å²) >= 11 is 1.45. The van der Waals surface area contributed by atoms with Crippen LogP contribution < -0.4 is 10.6 Å². The van der Waals surface area contributed by atoms with Crippen LogP contribution in [0, 0.1) is 11.3 Å². The van der Waals surface area contributed by atoms with E-state index in [1.165, 1.54) is 11.3 Å². The molecule has 1 aliphatic rings. The minimum absolute atomic E-state index is 0.582. The van der Waals surface area contributed by atoms with E-state index in [1.807, 2.05) is 6.07 Å². The molecule has 1 aromatic heterocycles. The van der Waals surface area contributed by atoms with Crippen molar-refractivity contribution < 1.29 is 4.74 Å². The number of nitriles is 1. The van der Waals surface area contributed by atoms with Crippen LogP contribution >= 0.6 is 11.3 Å². The minimum atomic E-state index is 0.582. The van der Waals surface area contributed by atoms with E-state index in [2.05, 4.69) is 11.0 Å². The molecule has 0 bridgehead atoms. The number of anilines is 2. The summed E-state index contributed by atoms with van der Waals surface area (Å²) in [5.41, 5.74) is 6.27. The van der Waals surface area contributed by atoms with Gasteiger partial charge in [0.2, 0.25) is 0 Å². The van der Waals surface area contributed by atoms with Gasteiger partial charge in [0.15, 0.2) is 0 Å². The van der Waals surface area contributed by atoms with E-state index in [4.69, 9.17) is 15.7 Å². The molecule has 0 saturated carbocycles. The minimum Gasteiger partial charge on any atom is -0.397 e. The lowest BCUT2D eigenvalue weighted by Gasteiger charge is -2.27. The summed E-state index contributed by atoms with van der Waals surface area (Å²) in [7, 11) is 0. The SMILES string of the molecule is N#Cc1sc(N2CCOCC2)cc1N. The first kappa shape index (κ1) is 9.31. The van der Waals surface area contributed by atoms with E-state index in [1.54, 1.807) is 0 Å². The van der Waals surface area contributed by atoms with Crippen LogP contribution in [0.25, 0.3) is 0 Å². The highest BCUT2D eigenvalue weighted by Gasteiger charge is 2.15. The van der Waals surface area contributed by atoms with Crippen LogP contribution in [0.1, 0.15) is 4.88 Å². The number of morpholine rings is 1. The van der Waals surface area contributed by atoms with Crippen LogP contribution in [0.15, 0.2) is 6.07 Å². The van der Waals surface area contributed by atoms with Gasteiger partial charge in [-0.15, -0.1) is 11.3 Å². The molecule has 2 heterocycles. The van der Waals surface area contributed by atoms with Gasteiger partial charge in [-0.25, -0.2) is 0 Å². The van der Waals surface area contributed by atoms with Crippen LogP contribution in [0.2, 0.25) is 0 Å². The van der Waals surface area contributed by atoms with Crippen molar-refractivity contribution in [2.45, 2.75) is 0 Å². The number of thiophene rings is 1. The van der Waals surface area contributed by atoms with Crippen LogP contribution in [-0.2, 0) is 4.74 Å². The van der Waals surface area contributed by atoms with Gasteiger partial charge in [0.05, 0.1) is 23.9 Å². The molecule has 2 N–H and O–H groups in total. The molecule has 0 amide bonds. The molecule has 0 spiro atoms. The van der Waals surface area contributed by atoms with E-state index in [-0.39, 0.29) is 0 Å². The number of rotatable bonds is 1. The highest BCUT2D eigenvalue weighted by atomic mass is 32.1. The molecule has 5 heteroatoms. The lowest BCUT2D eigenvalue weighted by molar-refractivity contribution is 0.123. The van der Waals surface area contributed by atoms with Crippen LogP contribution in [0.4, 0.5) is 10.7 Å². The van der Waals surface area contributed by atoms with E-state index < -0.39 is 0 Å². The maximum Gasteiger partial charge on any atom is 0.129 e. The van der Waals surface area contributed by atoms with E-state index in [9.17, 15) is 0 Å². The van der Waals surface area contributed by atoms with E-state index in [0.29, 0.717) is 10.6 Å². The van der Waals surface area contributed by atoms with Crippen LogP contribution in [0.3, 0.4) is 0 Å². The molecule has 14 heavy (non-hydrogen) atoms. The van der Waals surface area contributed by atoms with Crippen molar-refractivity contribution in [2.24, 2.45) is 0 Å². The van der Waals surface area contributed by atoms with Gasteiger partial charge >= 0.3 is 0 Å². The summed E-state index contributed by atoms with van der Waals surface area (Å²) in [6.45, 7) is 3.26. The Morgan fingerprint density at radius 2 is 2.21 bits per heavy atom. The lowest BCUT2D eigenvalue weighted by atomic mass is 10.4. The van der Waals surface area contributed by atoms with Crippen LogP contribution in [-0.4, -0.2) is 26.3 Å². The average molecular weight is 209 g/mol. The zero-order valence-electron chi connectivity index (χ0n) is 7.69. The molecule has 1 saturated heterocycles. The molecule has 4 nitrogen and oxygen atoms in total. The van der Waals surface area contributed by atoms with Crippen molar-refractivity contribution in [2.75, 3.05) is 36.9 Å². The Hall–Kier alpha value is -1.25. The third-order valence-electron chi connectivity index (χ3n) is 2.17. The fourth-order valence-electron chi connectivity index (χ4n) is 1.42. The standard InChI is InChI=1S/C9H11N3OS/c10-6-8-7(11)5-9(14-8)12-1-3-13-4-2-12/h5H,1-4,11H2. The molecule has 0 radical (unpaired) electrons. The van der Waals surface area contributed by atoms with Crippen molar-refractivity contribution in [1.82, 2.24) is 0 Å². The monoisotopic (exact) mass is 209 g/mol. The van der Waals surface area contributed by atoms with E-state index in [0.717, 1.165) is 31.3 Å². The highest BCUT2D eigenvalue weighted by Crippen LogP contribution is 2.31. The molecule has 0 aromatic carbocycles. The largest absolute Gasteiger partial charge is 0.397 e. The zero-order valence-corrected chi connectivity index (χ0v) is 8.51. The van der Waals surface area contributed by atoms with Crippen molar-refractivity contribution in [1.29, 1.82) is 5.26 Å². The van der Waals surface area contributed by atoms with Crippen molar-refractivity contribution in [3.63, 3.8) is 0 Å². The molecule has 1 aromatic rings. The highest BCUT2D eigenvalue weighted by molar-refractivity contribution is 7.17. The molecule has 0 aliphatic carbocycles. The predicted molar refractivity (Wildman–Crippen MR) is 56.5 cm³/mol. The molecule has 0 unspecified atom stereocenters. The summed E-state index contributed by atoms with van der Waals surface area (Å²) in [6, 6.07) is 3.96. The van der Waals surface area contributed by atoms with Gasteiger partial charge in [-0.1, -0.05) is 0 Å². The maximum atomic E-state index is 8.77. The Bertz CT molecular complexity index is 363. The average Bonchev–Trinajstić information content (AvgIpc) is 2.61. The summed E-state index contributed by atoms with van der Waals surface area (Å²) in [5.74, 6) is 0. The Morgan fingerprint density at radius 1 is 1.50 bits per heavy atom. The van der Waals surface area contributed by atoms with E-state index >= 15 is 0 Å². The Kier molecular flexibility index (Phi) is 2.57. The first-order chi connectivity index (χ1) is 6.81. The summed E-state index contributed by atoms with van der Waals surface area (Å²) in [4.78, 5) is 2.80. The first-order valence-corrected chi connectivity index (χ1v) is 5.25. The van der Waals surface area contributed by atoms with Crippen molar-refractivity contribution in [3.8, 4) is 6.07 Å². The molecular formula is C9H11N3OS. The number of nitrogens with two attached hydrogens (primary N) is 1. The Balaban J connectivity index is 2.19. The van der Waals surface area contributed by atoms with Crippen molar-refractivity contribution >= 4 is 22.0 Å². The van der Waals surface area contributed by atoms with Gasteiger partial charge < -0.3 is 15.4 Å². The van der Waals surface area contributed by atoms with Gasteiger partial charge in [-0.05, 0) is 6.07 Å². The number of hydrogen-bond acceptors (Lipinski definition) is 5. The van der Waals surface area contributed by atoms with Crippen molar-refractivity contribution in [3.05, 3.63) is 10.9 Å². The Morgan fingerprint density at radius 3 is 2.79 bits per heavy atom. The third kappa shape index (κ3) is 1.67. The predicted octanol–water partition coefficient (Wildman–Crippen LogP) is 1.04. The summed E-state index contributed by atoms with van der Waals surface area (Å²) in [6.07, 6.45) is 0. The smallest absolute Gasteiger partial charge is 0.129 e. The van der Waals surface area contributed by atoms with Gasteiger partial charge in [0.1, 0.15) is 10.9 Å². The normalized spacial score (nSPS) is 16.6. The van der Waals surface area contributed by atoms with Gasteiger partial charge in [-0.3, -0.25) is 0 Å². The van der Waals surface area contributed by atoms with Gasteiger partial charge in [0.25, 0.3) is 0 Å². The fraction of sp³-hybridized carbons (Fsp3) is 0.444. The molecule has 0 atom stereocenters. The third-order valence-corrected chi connectivity index (χ3v) is 3.29. The second-order valence-corrected chi connectivity index (χ2v) is 4.11. The molecule has 74 valence electrons. The second kappa shape index (κ2) is 3.86. The number of ether oxygens (including phenoxy) is 1. The zero-order chi connectivity index (χ0) is 9.97. The Labute approximate surface area is 86.5 Å². The molecule has 1 aliphatic heterocycles. The number of hydrogen-bond donors (Lipinski definition) is 1. The fourth-order valence-corrected chi connectivity index (χ4v) is 2.35. The second-order valence-electron chi connectivity index (χ2n) is 3.08. The lowest BCUT2D eigenvalue weighted by Crippen LogP contribution is -2.35. The summed E-state index contributed by atoms with van der Waals surface area (Å²) < 4.78 is 5.25. The molecule has 1 fully saturated rings. The molecular weight excluding hydrogens is 198 g/mol.